The van der Waals surface area contributed by atoms with Gasteiger partial charge < -0.3 is 4.90 Å². The monoisotopic (exact) mass is 371 g/mol. The minimum Gasteiger partial charge on any atom is -0.337 e. The van der Waals surface area contributed by atoms with Crippen LogP contribution in [0.4, 0.5) is 0 Å². The van der Waals surface area contributed by atoms with Crippen LogP contribution in [0.3, 0.4) is 0 Å². The van der Waals surface area contributed by atoms with Gasteiger partial charge in [-0.2, -0.15) is 5.10 Å². The highest BCUT2D eigenvalue weighted by atomic mass is 16.2. The molecule has 1 aromatic heterocycles. The molecule has 4 heteroatoms. The summed E-state index contributed by atoms with van der Waals surface area (Å²) in [5.41, 5.74) is 6.47. The maximum atomic E-state index is 12.4. The van der Waals surface area contributed by atoms with Crippen LogP contribution in [0.1, 0.15) is 41.6 Å². The molecule has 1 aliphatic heterocycles. The summed E-state index contributed by atoms with van der Waals surface area (Å²) >= 11 is 0. The molecule has 0 unspecified atom stereocenters. The van der Waals surface area contributed by atoms with Crippen molar-refractivity contribution in [3.05, 3.63) is 66.0 Å². The quantitative estimate of drug-likeness (QED) is 0.648. The zero-order chi connectivity index (χ0) is 19.1. The van der Waals surface area contributed by atoms with Crippen LogP contribution in [0.25, 0.3) is 22.3 Å². The molecule has 2 heterocycles. The van der Waals surface area contributed by atoms with E-state index in [2.05, 4.69) is 52.4 Å². The molecule has 1 saturated carbocycles. The SMILES string of the molecule is CN1Cc2ccc(-c3ccccc3-c3cnn(CC4CCCC4)c3)cc2C1=O. The van der Waals surface area contributed by atoms with Crippen LogP contribution in [0.5, 0.6) is 0 Å². The maximum Gasteiger partial charge on any atom is 0.254 e. The van der Waals surface area contributed by atoms with Crippen LogP contribution >= 0.6 is 0 Å². The highest BCUT2D eigenvalue weighted by Gasteiger charge is 2.25. The van der Waals surface area contributed by atoms with Gasteiger partial charge in [0.25, 0.3) is 5.91 Å². The van der Waals surface area contributed by atoms with Gasteiger partial charge in [-0.15, -0.1) is 0 Å². The van der Waals surface area contributed by atoms with E-state index < -0.39 is 0 Å². The van der Waals surface area contributed by atoms with Gasteiger partial charge in [0.2, 0.25) is 0 Å². The Labute approximate surface area is 165 Å². The Balaban J connectivity index is 1.49. The van der Waals surface area contributed by atoms with E-state index in [9.17, 15) is 4.79 Å². The van der Waals surface area contributed by atoms with Gasteiger partial charge in [-0.25, -0.2) is 0 Å². The number of carbonyl (C=O) groups is 1. The van der Waals surface area contributed by atoms with Gasteiger partial charge in [0.05, 0.1) is 6.20 Å². The van der Waals surface area contributed by atoms with Crippen LogP contribution < -0.4 is 0 Å². The summed E-state index contributed by atoms with van der Waals surface area (Å²) in [7, 11) is 1.86. The van der Waals surface area contributed by atoms with Gasteiger partial charge in [-0.1, -0.05) is 49.2 Å². The highest BCUT2D eigenvalue weighted by molar-refractivity contribution is 6.00. The number of rotatable bonds is 4. The van der Waals surface area contributed by atoms with Gasteiger partial charge in [-0.3, -0.25) is 9.48 Å². The zero-order valence-electron chi connectivity index (χ0n) is 16.3. The van der Waals surface area contributed by atoms with Crippen LogP contribution in [0, 0.1) is 5.92 Å². The summed E-state index contributed by atoms with van der Waals surface area (Å²) in [5.74, 6) is 0.876. The summed E-state index contributed by atoms with van der Waals surface area (Å²) in [6.07, 6.45) is 9.50. The van der Waals surface area contributed by atoms with E-state index in [4.69, 9.17) is 0 Å². The fraction of sp³-hybridized carbons (Fsp3) is 0.333. The first-order valence-corrected chi connectivity index (χ1v) is 10.2. The molecule has 0 bridgehead atoms. The Bertz CT molecular complexity index is 1030. The average molecular weight is 371 g/mol. The molecule has 5 rings (SSSR count). The van der Waals surface area contributed by atoms with Crippen molar-refractivity contribution in [1.82, 2.24) is 14.7 Å². The van der Waals surface area contributed by atoms with E-state index in [1.165, 1.54) is 31.2 Å². The van der Waals surface area contributed by atoms with Crippen LogP contribution in [0.2, 0.25) is 0 Å². The Morgan fingerprint density at radius 3 is 2.54 bits per heavy atom. The highest BCUT2D eigenvalue weighted by Crippen LogP contribution is 2.35. The topological polar surface area (TPSA) is 38.1 Å². The summed E-state index contributed by atoms with van der Waals surface area (Å²) < 4.78 is 2.10. The van der Waals surface area contributed by atoms with Gasteiger partial charge in [0.1, 0.15) is 0 Å². The van der Waals surface area contributed by atoms with E-state index in [0.29, 0.717) is 6.54 Å². The van der Waals surface area contributed by atoms with Crippen LogP contribution in [0.15, 0.2) is 54.9 Å². The van der Waals surface area contributed by atoms with Crippen molar-refractivity contribution in [2.45, 2.75) is 38.8 Å². The molecule has 2 aromatic carbocycles. The Morgan fingerprint density at radius 1 is 1.00 bits per heavy atom. The third kappa shape index (κ3) is 3.03. The summed E-state index contributed by atoms with van der Waals surface area (Å²) in [4.78, 5) is 14.2. The van der Waals surface area contributed by atoms with E-state index in [1.807, 2.05) is 19.3 Å². The largest absolute Gasteiger partial charge is 0.337 e. The number of amides is 1. The minimum atomic E-state index is 0.110. The standard InChI is InChI=1S/C24H25N3O/c1-26-15-19-11-10-18(12-23(19)24(26)28)21-8-4-5-9-22(21)20-13-25-27(16-20)14-17-6-2-3-7-17/h4-5,8-13,16-17H,2-3,6-7,14-15H2,1H3. The molecule has 0 N–H and O–H groups in total. The summed E-state index contributed by atoms with van der Waals surface area (Å²) in [6, 6.07) is 14.7. The second-order valence-corrected chi connectivity index (χ2v) is 8.18. The van der Waals surface area contributed by atoms with Gasteiger partial charge in [0.15, 0.2) is 0 Å². The number of benzene rings is 2. The lowest BCUT2D eigenvalue weighted by Gasteiger charge is -2.10. The number of carbonyl (C=O) groups excluding carboxylic acids is 1. The first-order valence-electron chi connectivity index (χ1n) is 10.2. The van der Waals surface area contributed by atoms with Crippen molar-refractivity contribution in [2.75, 3.05) is 7.05 Å². The fourth-order valence-electron chi connectivity index (χ4n) is 4.66. The predicted octanol–water partition coefficient (Wildman–Crippen LogP) is 4.99. The molecule has 0 atom stereocenters. The van der Waals surface area contributed by atoms with Crippen molar-refractivity contribution < 1.29 is 4.79 Å². The molecular weight excluding hydrogens is 346 g/mol. The van der Waals surface area contributed by atoms with Crippen molar-refractivity contribution in [2.24, 2.45) is 5.92 Å². The van der Waals surface area contributed by atoms with Gasteiger partial charge in [-0.05, 0) is 47.1 Å². The summed E-state index contributed by atoms with van der Waals surface area (Å²) in [6.45, 7) is 1.71. The lowest BCUT2D eigenvalue weighted by atomic mass is 9.94. The molecule has 1 amide bonds. The zero-order valence-corrected chi connectivity index (χ0v) is 16.3. The smallest absolute Gasteiger partial charge is 0.254 e. The molecule has 3 aromatic rings. The molecule has 0 radical (unpaired) electrons. The summed E-state index contributed by atoms with van der Waals surface area (Å²) in [5, 5.41) is 4.63. The third-order valence-electron chi connectivity index (χ3n) is 6.20. The molecular formula is C24H25N3O. The average Bonchev–Trinajstić information content (AvgIpc) is 3.45. The third-order valence-corrected chi connectivity index (χ3v) is 6.20. The fourth-order valence-corrected chi connectivity index (χ4v) is 4.66. The molecule has 0 spiro atoms. The lowest BCUT2D eigenvalue weighted by Crippen LogP contribution is -2.17. The van der Waals surface area contributed by atoms with Crippen molar-refractivity contribution in [3.63, 3.8) is 0 Å². The second kappa shape index (κ2) is 6.93. The molecule has 1 fully saturated rings. The number of aromatic nitrogens is 2. The predicted molar refractivity (Wildman–Crippen MR) is 111 cm³/mol. The Morgan fingerprint density at radius 2 is 1.75 bits per heavy atom. The molecule has 1 aliphatic carbocycles. The van der Waals surface area contributed by atoms with Gasteiger partial charge >= 0.3 is 0 Å². The number of fused-ring (bicyclic) bond motifs is 1. The number of nitrogens with zero attached hydrogens (tertiary/aromatic N) is 3. The van der Waals surface area contributed by atoms with Crippen molar-refractivity contribution in [1.29, 1.82) is 0 Å². The van der Waals surface area contributed by atoms with E-state index in [1.54, 1.807) is 4.90 Å². The van der Waals surface area contributed by atoms with E-state index >= 15 is 0 Å². The van der Waals surface area contributed by atoms with Crippen LogP contribution in [-0.2, 0) is 13.1 Å². The molecule has 0 saturated heterocycles. The van der Waals surface area contributed by atoms with Crippen molar-refractivity contribution in [3.8, 4) is 22.3 Å². The second-order valence-electron chi connectivity index (χ2n) is 8.18. The normalized spacial score (nSPS) is 16.8. The van der Waals surface area contributed by atoms with E-state index in [0.717, 1.165) is 40.3 Å². The number of hydrogen-bond acceptors (Lipinski definition) is 2. The molecule has 28 heavy (non-hydrogen) atoms. The Kier molecular flexibility index (Phi) is 4.27. The first kappa shape index (κ1) is 17.2. The van der Waals surface area contributed by atoms with Crippen LogP contribution in [-0.4, -0.2) is 27.6 Å². The molecule has 142 valence electrons. The molecule has 2 aliphatic rings. The Hall–Kier alpha value is -2.88. The van der Waals surface area contributed by atoms with Gasteiger partial charge in [0, 0.05) is 37.5 Å². The maximum absolute atomic E-state index is 12.4. The lowest BCUT2D eigenvalue weighted by molar-refractivity contribution is 0.0816. The first-order chi connectivity index (χ1) is 13.7. The minimum absolute atomic E-state index is 0.110. The van der Waals surface area contributed by atoms with E-state index in [-0.39, 0.29) is 5.91 Å². The number of hydrogen-bond donors (Lipinski definition) is 0. The molecule has 4 nitrogen and oxygen atoms in total. The van der Waals surface area contributed by atoms with Crippen molar-refractivity contribution >= 4 is 5.91 Å².